The summed E-state index contributed by atoms with van der Waals surface area (Å²) in [6.07, 6.45) is -0.886. The van der Waals surface area contributed by atoms with Gasteiger partial charge in [0.25, 0.3) is 0 Å². The first-order chi connectivity index (χ1) is 12.8. The number of nitrogens with zero attached hydrogens (tertiary/aromatic N) is 2. The number of nitrogens with one attached hydrogen (secondary N) is 1. The number of carbonyl (C=O) groups excluding carboxylic acids is 2. The zero-order valence-corrected chi connectivity index (χ0v) is 15.0. The Bertz CT molecular complexity index is 749. The van der Waals surface area contributed by atoms with Crippen LogP contribution in [0.4, 0.5) is 19.7 Å². The van der Waals surface area contributed by atoms with Crippen molar-refractivity contribution in [3.8, 4) is 0 Å². The Morgan fingerprint density at radius 3 is 2.63 bits per heavy atom. The fraction of sp³-hybridized carbons (Fsp3) is 0.500. The smallest absolute Gasteiger partial charge is 0.414 e. The van der Waals surface area contributed by atoms with Gasteiger partial charge in [-0.2, -0.15) is 0 Å². The highest BCUT2D eigenvalue weighted by Gasteiger charge is 2.33. The number of benzene rings is 1. The van der Waals surface area contributed by atoms with E-state index < -0.39 is 24.1 Å². The molecule has 9 heteroatoms. The summed E-state index contributed by atoms with van der Waals surface area (Å²) in [4.78, 5) is 36.7. The minimum Gasteiger partial charge on any atom is -0.465 e. The fourth-order valence-corrected chi connectivity index (χ4v) is 3.49. The molecule has 2 N–H and O–H groups in total. The van der Waals surface area contributed by atoms with Crippen molar-refractivity contribution in [2.75, 3.05) is 31.1 Å². The third-order valence-corrected chi connectivity index (χ3v) is 4.95. The largest absolute Gasteiger partial charge is 0.465 e. The lowest BCUT2D eigenvalue weighted by Gasteiger charge is -2.30. The van der Waals surface area contributed by atoms with Crippen molar-refractivity contribution in [1.29, 1.82) is 0 Å². The highest BCUT2D eigenvalue weighted by Crippen LogP contribution is 2.32. The fourth-order valence-electron chi connectivity index (χ4n) is 3.49. The van der Waals surface area contributed by atoms with E-state index in [2.05, 4.69) is 5.32 Å². The van der Waals surface area contributed by atoms with Crippen LogP contribution in [-0.4, -0.2) is 60.4 Å². The molecule has 1 aromatic carbocycles. The molecule has 0 aromatic heterocycles. The molecule has 2 heterocycles. The van der Waals surface area contributed by atoms with Crippen LogP contribution >= 0.6 is 0 Å². The SMILES string of the molecule is CC(=O)NC[C@H]1CN(c2ccc(C3CCN(C(=O)O)CC3)c(F)c2)C(=O)O1. The molecule has 2 aliphatic heterocycles. The number of cyclic esters (lactones) is 1. The number of hydrogen-bond acceptors (Lipinski definition) is 4. The van der Waals surface area contributed by atoms with Gasteiger partial charge >= 0.3 is 12.2 Å². The molecule has 2 fully saturated rings. The van der Waals surface area contributed by atoms with Crippen molar-refractivity contribution in [2.24, 2.45) is 0 Å². The molecule has 0 aliphatic carbocycles. The third-order valence-electron chi connectivity index (χ3n) is 4.95. The second-order valence-corrected chi connectivity index (χ2v) is 6.80. The minimum absolute atomic E-state index is 0.0484. The Balaban J connectivity index is 1.66. The van der Waals surface area contributed by atoms with E-state index in [4.69, 9.17) is 9.84 Å². The zero-order valence-electron chi connectivity index (χ0n) is 15.0. The van der Waals surface area contributed by atoms with Crippen LogP contribution in [0.15, 0.2) is 18.2 Å². The third kappa shape index (κ3) is 4.29. The van der Waals surface area contributed by atoms with Crippen LogP contribution < -0.4 is 10.2 Å². The Morgan fingerprint density at radius 1 is 1.33 bits per heavy atom. The van der Waals surface area contributed by atoms with Gasteiger partial charge in [-0.3, -0.25) is 9.69 Å². The van der Waals surface area contributed by atoms with E-state index in [9.17, 15) is 18.8 Å². The summed E-state index contributed by atoms with van der Waals surface area (Å²) in [5, 5.41) is 11.6. The molecule has 1 atom stereocenters. The van der Waals surface area contributed by atoms with Gasteiger partial charge in [0.05, 0.1) is 18.8 Å². The van der Waals surface area contributed by atoms with E-state index in [1.165, 1.54) is 22.8 Å². The summed E-state index contributed by atoms with van der Waals surface area (Å²) < 4.78 is 19.8. The summed E-state index contributed by atoms with van der Waals surface area (Å²) in [7, 11) is 0. The number of ether oxygens (including phenoxy) is 1. The van der Waals surface area contributed by atoms with Crippen LogP contribution in [0.1, 0.15) is 31.2 Å². The molecule has 2 saturated heterocycles. The molecule has 0 unspecified atom stereocenters. The lowest BCUT2D eigenvalue weighted by molar-refractivity contribution is -0.119. The van der Waals surface area contributed by atoms with E-state index in [0.717, 1.165) is 0 Å². The van der Waals surface area contributed by atoms with Crippen molar-refractivity contribution in [1.82, 2.24) is 10.2 Å². The van der Waals surface area contributed by atoms with Crippen molar-refractivity contribution in [2.45, 2.75) is 31.8 Å². The second kappa shape index (κ2) is 7.81. The summed E-state index contributed by atoms with van der Waals surface area (Å²) >= 11 is 0. The molecule has 3 amide bonds. The normalized spacial score (nSPS) is 20.5. The molecule has 2 aliphatic rings. The molecule has 0 spiro atoms. The quantitative estimate of drug-likeness (QED) is 0.835. The first kappa shape index (κ1) is 18.9. The molecule has 1 aromatic rings. The number of carbonyl (C=O) groups is 3. The van der Waals surface area contributed by atoms with Gasteiger partial charge in [0.2, 0.25) is 5.91 Å². The van der Waals surface area contributed by atoms with Crippen LogP contribution in [0, 0.1) is 5.82 Å². The maximum absolute atomic E-state index is 14.7. The molecular formula is C18H22FN3O5. The van der Waals surface area contributed by atoms with Gasteiger partial charge < -0.3 is 20.1 Å². The first-order valence-electron chi connectivity index (χ1n) is 8.85. The number of rotatable bonds is 4. The summed E-state index contributed by atoms with van der Waals surface area (Å²) in [5.74, 6) is -0.680. The molecule has 3 rings (SSSR count). The molecule has 146 valence electrons. The predicted octanol–water partition coefficient (Wildman–Crippen LogP) is 2.14. The average molecular weight is 379 g/mol. The van der Waals surface area contributed by atoms with Gasteiger partial charge in [-0.05, 0) is 36.5 Å². The van der Waals surface area contributed by atoms with Crippen LogP contribution in [-0.2, 0) is 9.53 Å². The zero-order chi connectivity index (χ0) is 19.6. The summed E-state index contributed by atoms with van der Waals surface area (Å²) in [5.41, 5.74) is 0.931. The van der Waals surface area contributed by atoms with Gasteiger partial charge in [0.15, 0.2) is 0 Å². The average Bonchev–Trinajstić information content (AvgIpc) is 3.01. The van der Waals surface area contributed by atoms with E-state index in [1.807, 2.05) is 0 Å². The predicted molar refractivity (Wildman–Crippen MR) is 94.3 cm³/mol. The number of piperidine rings is 1. The lowest BCUT2D eigenvalue weighted by Crippen LogP contribution is -2.37. The standard InChI is InChI=1S/C18H22FN3O5/c1-11(23)20-9-14-10-22(18(26)27-14)13-2-3-15(16(19)8-13)12-4-6-21(7-5-12)17(24)25/h2-3,8,12,14H,4-7,9-10H2,1H3,(H,20,23)(H,24,25)/t14-/m0/s1. The first-order valence-corrected chi connectivity index (χ1v) is 8.85. The van der Waals surface area contributed by atoms with Crippen molar-refractivity contribution in [3.05, 3.63) is 29.6 Å². The number of anilines is 1. The summed E-state index contributed by atoms with van der Waals surface area (Å²) in [6, 6.07) is 4.63. The highest BCUT2D eigenvalue weighted by atomic mass is 19.1. The molecule has 0 saturated carbocycles. The van der Waals surface area contributed by atoms with Crippen LogP contribution in [0.2, 0.25) is 0 Å². The van der Waals surface area contributed by atoms with E-state index in [-0.39, 0.29) is 24.9 Å². The summed E-state index contributed by atoms with van der Waals surface area (Å²) in [6.45, 7) is 2.58. The van der Waals surface area contributed by atoms with Crippen molar-refractivity contribution in [3.63, 3.8) is 0 Å². The topological polar surface area (TPSA) is 99.2 Å². The minimum atomic E-state index is -0.953. The van der Waals surface area contributed by atoms with Gasteiger partial charge in [-0.25, -0.2) is 14.0 Å². The Hall–Kier alpha value is -2.84. The van der Waals surface area contributed by atoms with Crippen LogP contribution in [0.25, 0.3) is 0 Å². The monoisotopic (exact) mass is 379 g/mol. The molecule has 0 bridgehead atoms. The van der Waals surface area contributed by atoms with E-state index in [0.29, 0.717) is 37.2 Å². The van der Waals surface area contributed by atoms with E-state index >= 15 is 0 Å². The molecule has 0 radical (unpaired) electrons. The number of carboxylic acid groups (broad SMARTS) is 1. The Morgan fingerprint density at radius 2 is 2.04 bits per heavy atom. The van der Waals surface area contributed by atoms with Crippen molar-refractivity contribution >= 4 is 23.8 Å². The molecule has 8 nitrogen and oxygen atoms in total. The number of hydrogen-bond donors (Lipinski definition) is 2. The van der Waals surface area contributed by atoms with Crippen LogP contribution in [0.3, 0.4) is 0 Å². The maximum Gasteiger partial charge on any atom is 0.414 e. The number of likely N-dealkylation sites (tertiary alicyclic amines) is 1. The second-order valence-electron chi connectivity index (χ2n) is 6.80. The van der Waals surface area contributed by atoms with Crippen molar-refractivity contribution < 1.29 is 28.6 Å². The van der Waals surface area contributed by atoms with Gasteiger partial charge in [0, 0.05) is 20.0 Å². The number of halogens is 1. The van der Waals surface area contributed by atoms with E-state index in [1.54, 1.807) is 12.1 Å². The maximum atomic E-state index is 14.7. The Kier molecular flexibility index (Phi) is 5.48. The lowest BCUT2D eigenvalue weighted by atomic mass is 9.89. The van der Waals surface area contributed by atoms with Gasteiger partial charge in [-0.1, -0.05) is 6.07 Å². The Labute approximate surface area is 155 Å². The highest BCUT2D eigenvalue weighted by molar-refractivity contribution is 5.89. The van der Waals surface area contributed by atoms with Crippen LogP contribution in [0.5, 0.6) is 0 Å². The number of amides is 3. The molecular weight excluding hydrogens is 357 g/mol. The van der Waals surface area contributed by atoms with Gasteiger partial charge in [-0.15, -0.1) is 0 Å². The van der Waals surface area contributed by atoms with Gasteiger partial charge in [0.1, 0.15) is 11.9 Å². The molecule has 27 heavy (non-hydrogen) atoms.